The van der Waals surface area contributed by atoms with Gasteiger partial charge in [0.1, 0.15) is 0 Å². The first-order chi connectivity index (χ1) is 8.99. The van der Waals surface area contributed by atoms with Crippen LogP contribution in [0.1, 0.15) is 17.3 Å². The second-order valence-electron chi connectivity index (χ2n) is 4.26. The number of aromatic carboxylic acids is 1. The van der Waals surface area contributed by atoms with E-state index in [1.807, 2.05) is 11.8 Å². The number of thioether (sulfide) groups is 1. The lowest BCUT2D eigenvalue weighted by atomic mass is 10.2. The lowest BCUT2D eigenvalue weighted by Gasteiger charge is -2.31. The first-order valence-electron chi connectivity index (χ1n) is 5.73. The topological polar surface area (TPSA) is 96.6 Å². The van der Waals surface area contributed by atoms with Crippen molar-refractivity contribution in [3.8, 4) is 0 Å². The van der Waals surface area contributed by atoms with E-state index in [1.165, 1.54) is 0 Å². The van der Waals surface area contributed by atoms with Gasteiger partial charge in [-0.05, 0) is 0 Å². The molecule has 1 aromatic heterocycles. The van der Waals surface area contributed by atoms with Crippen molar-refractivity contribution in [1.82, 2.24) is 4.98 Å². The third-order valence-electron chi connectivity index (χ3n) is 2.83. The zero-order valence-electron chi connectivity index (χ0n) is 10.3. The summed E-state index contributed by atoms with van der Waals surface area (Å²) in [6, 6.07) is 1.07. The minimum atomic E-state index is -1.22. The molecule has 0 aromatic carbocycles. The van der Waals surface area contributed by atoms with Gasteiger partial charge in [-0.1, -0.05) is 6.92 Å². The van der Waals surface area contributed by atoms with Gasteiger partial charge in [0.25, 0.3) is 0 Å². The number of anilines is 1. The van der Waals surface area contributed by atoms with Crippen molar-refractivity contribution in [1.29, 1.82) is 0 Å². The van der Waals surface area contributed by atoms with Gasteiger partial charge >= 0.3 is 11.7 Å². The number of hydrogen-bond donors (Lipinski definition) is 1. The molecule has 0 bridgehead atoms. The minimum Gasteiger partial charge on any atom is -0.478 e. The average molecular weight is 283 g/mol. The molecule has 19 heavy (non-hydrogen) atoms. The van der Waals surface area contributed by atoms with Crippen molar-refractivity contribution in [3.63, 3.8) is 0 Å². The fourth-order valence-corrected chi connectivity index (χ4v) is 2.97. The maximum atomic E-state index is 11.1. The molecule has 8 heteroatoms. The van der Waals surface area contributed by atoms with Crippen LogP contribution in [0.2, 0.25) is 0 Å². The molecule has 7 nitrogen and oxygen atoms in total. The summed E-state index contributed by atoms with van der Waals surface area (Å²) in [5, 5.41) is 20.3. The second kappa shape index (κ2) is 5.43. The highest BCUT2D eigenvalue weighted by atomic mass is 32.2. The van der Waals surface area contributed by atoms with Crippen LogP contribution in [0, 0.1) is 10.1 Å². The first kappa shape index (κ1) is 13.6. The summed E-state index contributed by atoms with van der Waals surface area (Å²) in [5.74, 6) is -0.0902. The Balaban J connectivity index is 2.38. The molecule has 1 N–H and O–H groups in total. The Labute approximate surface area is 113 Å². The molecule has 0 amide bonds. The van der Waals surface area contributed by atoms with Crippen molar-refractivity contribution in [3.05, 3.63) is 27.9 Å². The summed E-state index contributed by atoms with van der Waals surface area (Å²) in [7, 11) is 0. The van der Waals surface area contributed by atoms with E-state index in [2.05, 4.69) is 4.98 Å². The third-order valence-corrected chi connectivity index (χ3v) is 3.97. The molecule has 1 aliphatic rings. The number of carbonyl (C=O) groups is 1. The van der Waals surface area contributed by atoms with Crippen LogP contribution in [0.5, 0.6) is 0 Å². The monoisotopic (exact) mass is 283 g/mol. The maximum absolute atomic E-state index is 11.1. The quantitative estimate of drug-likeness (QED) is 0.665. The van der Waals surface area contributed by atoms with Crippen molar-refractivity contribution < 1.29 is 14.8 Å². The summed E-state index contributed by atoms with van der Waals surface area (Å²) in [5.41, 5.74) is -0.422. The number of pyridine rings is 1. The summed E-state index contributed by atoms with van der Waals surface area (Å²) in [6.45, 7) is 3.40. The Bertz CT molecular complexity index is 523. The van der Waals surface area contributed by atoms with E-state index >= 15 is 0 Å². The van der Waals surface area contributed by atoms with Crippen LogP contribution in [-0.2, 0) is 0 Å². The Morgan fingerprint density at radius 3 is 3.00 bits per heavy atom. The van der Waals surface area contributed by atoms with Gasteiger partial charge in [-0.25, -0.2) is 9.78 Å². The van der Waals surface area contributed by atoms with E-state index in [9.17, 15) is 14.9 Å². The normalized spacial score (nSPS) is 19.2. The fraction of sp³-hybridized carbons (Fsp3) is 0.455. The Hall–Kier alpha value is -1.83. The lowest BCUT2D eigenvalue weighted by Crippen LogP contribution is -2.37. The molecule has 1 aliphatic heterocycles. The van der Waals surface area contributed by atoms with Crippen LogP contribution in [-0.4, -0.2) is 45.1 Å². The van der Waals surface area contributed by atoms with Gasteiger partial charge < -0.3 is 10.0 Å². The second-order valence-corrected chi connectivity index (χ2v) is 5.80. The van der Waals surface area contributed by atoms with E-state index in [0.717, 1.165) is 18.0 Å². The van der Waals surface area contributed by atoms with Crippen LogP contribution < -0.4 is 4.90 Å². The smallest absolute Gasteiger partial charge is 0.337 e. The SMILES string of the molecule is CC1CN(c2ncc(C(=O)O)cc2[N+](=O)[O-])CCS1. The predicted octanol–water partition coefficient (Wildman–Crippen LogP) is 1.63. The van der Waals surface area contributed by atoms with Gasteiger partial charge in [0.2, 0.25) is 5.82 Å². The molecule has 0 saturated carbocycles. The number of aromatic nitrogens is 1. The van der Waals surface area contributed by atoms with Gasteiger partial charge in [0.15, 0.2) is 0 Å². The summed E-state index contributed by atoms with van der Waals surface area (Å²) in [6.07, 6.45) is 1.16. The van der Waals surface area contributed by atoms with E-state index in [1.54, 1.807) is 11.8 Å². The summed E-state index contributed by atoms with van der Waals surface area (Å²) < 4.78 is 0. The van der Waals surface area contributed by atoms with E-state index in [-0.39, 0.29) is 17.1 Å². The average Bonchev–Trinajstić information content (AvgIpc) is 2.37. The fourth-order valence-electron chi connectivity index (χ4n) is 1.95. The van der Waals surface area contributed by atoms with Crippen LogP contribution in [0.25, 0.3) is 0 Å². The van der Waals surface area contributed by atoms with Crippen LogP contribution in [0.15, 0.2) is 12.3 Å². The predicted molar refractivity (Wildman–Crippen MR) is 72.0 cm³/mol. The highest BCUT2D eigenvalue weighted by molar-refractivity contribution is 8.00. The molecule has 1 saturated heterocycles. The first-order valence-corrected chi connectivity index (χ1v) is 6.78. The molecule has 102 valence electrons. The van der Waals surface area contributed by atoms with Crippen LogP contribution in [0.4, 0.5) is 11.5 Å². The Morgan fingerprint density at radius 2 is 2.42 bits per heavy atom. The molecule has 1 fully saturated rings. The van der Waals surface area contributed by atoms with E-state index in [4.69, 9.17) is 5.11 Å². The molecule has 2 rings (SSSR count). The molecule has 1 aromatic rings. The maximum Gasteiger partial charge on any atom is 0.337 e. The van der Waals surface area contributed by atoms with Gasteiger partial charge in [-0.2, -0.15) is 11.8 Å². The number of rotatable bonds is 3. The molecule has 2 heterocycles. The number of hydrogen-bond acceptors (Lipinski definition) is 6. The molecule has 0 spiro atoms. The van der Waals surface area contributed by atoms with Gasteiger partial charge in [-0.3, -0.25) is 10.1 Å². The molecule has 1 atom stereocenters. The Morgan fingerprint density at radius 1 is 1.68 bits per heavy atom. The molecule has 1 unspecified atom stereocenters. The standard InChI is InChI=1S/C11H13N3O4S/c1-7-6-13(2-3-19-7)10-9(14(17)18)4-8(5-12-10)11(15)16/h4-5,7H,2-3,6H2,1H3,(H,15,16). The van der Waals surface area contributed by atoms with Crippen molar-refractivity contribution in [2.24, 2.45) is 0 Å². The van der Waals surface area contributed by atoms with Gasteiger partial charge in [0, 0.05) is 36.4 Å². The molecular formula is C11H13N3O4S. The van der Waals surface area contributed by atoms with E-state index in [0.29, 0.717) is 18.3 Å². The molecule has 0 radical (unpaired) electrons. The highest BCUT2D eigenvalue weighted by Gasteiger charge is 2.26. The largest absolute Gasteiger partial charge is 0.478 e. The number of nitro groups is 1. The van der Waals surface area contributed by atoms with Crippen molar-refractivity contribution in [2.75, 3.05) is 23.7 Å². The van der Waals surface area contributed by atoms with Crippen LogP contribution in [0.3, 0.4) is 0 Å². The Kier molecular flexibility index (Phi) is 3.89. The highest BCUT2D eigenvalue weighted by Crippen LogP contribution is 2.30. The van der Waals surface area contributed by atoms with Crippen LogP contribution >= 0.6 is 11.8 Å². The lowest BCUT2D eigenvalue weighted by molar-refractivity contribution is -0.384. The summed E-state index contributed by atoms with van der Waals surface area (Å²) in [4.78, 5) is 27.1. The zero-order chi connectivity index (χ0) is 14.0. The number of carboxylic acids is 1. The summed E-state index contributed by atoms with van der Waals surface area (Å²) >= 11 is 1.81. The molecular weight excluding hydrogens is 270 g/mol. The van der Waals surface area contributed by atoms with Gasteiger partial charge in [-0.15, -0.1) is 0 Å². The minimum absolute atomic E-state index is 0.171. The number of nitrogens with zero attached hydrogens (tertiary/aromatic N) is 3. The zero-order valence-corrected chi connectivity index (χ0v) is 11.1. The van der Waals surface area contributed by atoms with Crippen molar-refractivity contribution in [2.45, 2.75) is 12.2 Å². The van der Waals surface area contributed by atoms with Crippen molar-refractivity contribution >= 4 is 29.2 Å². The van der Waals surface area contributed by atoms with E-state index < -0.39 is 10.9 Å². The third kappa shape index (κ3) is 2.95. The molecule has 0 aliphatic carbocycles. The number of carboxylic acid groups (broad SMARTS) is 1. The van der Waals surface area contributed by atoms with Gasteiger partial charge in [0.05, 0.1) is 10.5 Å².